The molecular weight excluding hydrogens is 418 g/mol. The number of rotatable bonds is 4. The van der Waals surface area contributed by atoms with Gasteiger partial charge in [0.1, 0.15) is 24.3 Å². The largest absolute Gasteiger partial charge is 0.353 e. The number of aromatic nitrogens is 4. The molecule has 31 heavy (non-hydrogen) atoms. The van der Waals surface area contributed by atoms with E-state index in [9.17, 15) is 13.2 Å². The Morgan fingerprint density at radius 1 is 0.968 bits per heavy atom. The van der Waals surface area contributed by atoms with Gasteiger partial charge in [-0.15, -0.1) is 0 Å². The Hall–Kier alpha value is -2.53. The first kappa shape index (κ1) is 21.7. The third-order valence-corrected chi connectivity index (χ3v) is 7.63. The molecule has 0 unspecified atom stereocenters. The predicted octanol–water partition coefficient (Wildman–Crippen LogP) is 0.599. The number of anilines is 1. The van der Waals surface area contributed by atoms with Crippen LogP contribution in [0.1, 0.15) is 24.2 Å². The first-order valence-corrected chi connectivity index (χ1v) is 12.4. The summed E-state index contributed by atoms with van der Waals surface area (Å²) in [5, 5.41) is 0. The van der Waals surface area contributed by atoms with Gasteiger partial charge in [0.15, 0.2) is 0 Å². The molecule has 4 rings (SSSR count). The van der Waals surface area contributed by atoms with E-state index in [-0.39, 0.29) is 11.8 Å². The highest BCUT2D eigenvalue weighted by molar-refractivity contribution is 7.88. The van der Waals surface area contributed by atoms with Gasteiger partial charge in [-0.3, -0.25) is 9.36 Å². The summed E-state index contributed by atoms with van der Waals surface area (Å²) >= 11 is 0. The highest BCUT2D eigenvalue weighted by atomic mass is 32.2. The van der Waals surface area contributed by atoms with Crippen LogP contribution in [0.2, 0.25) is 0 Å². The third kappa shape index (κ3) is 4.57. The van der Waals surface area contributed by atoms with Crippen LogP contribution >= 0.6 is 0 Å². The molecule has 0 atom stereocenters. The van der Waals surface area contributed by atoms with Crippen LogP contribution in [-0.4, -0.2) is 88.6 Å². The smallest absolute Gasteiger partial charge is 0.225 e. The van der Waals surface area contributed by atoms with Crippen LogP contribution < -0.4 is 4.90 Å². The number of hydrogen-bond donors (Lipinski definition) is 0. The summed E-state index contributed by atoms with van der Waals surface area (Å²) in [5.74, 6) is 1.66. The van der Waals surface area contributed by atoms with Crippen LogP contribution in [0.5, 0.6) is 0 Å². The molecule has 2 aliphatic rings. The molecule has 1 amide bonds. The van der Waals surface area contributed by atoms with Crippen molar-refractivity contribution < 1.29 is 13.2 Å². The summed E-state index contributed by atoms with van der Waals surface area (Å²) in [4.78, 5) is 30.2. The topological polar surface area (TPSA) is 105 Å². The summed E-state index contributed by atoms with van der Waals surface area (Å²) < 4.78 is 26.8. The second-order valence-corrected chi connectivity index (χ2v) is 10.3. The molecule has 11 heteroatoms. The van der Waals surface area contributed by atoms with Crippen LogP contribution in [0.4, 0.5) is 5.82 Å². The molecule has 2 saturated heterocycles. The van der Waals surface area contributed by atoms with Gasteiger partial charge in [0.2, 0.25) is 15.9 Å². The molecule has 0 aromatic carbocycles. The highest BCUT2D eigenvalue weighted by Crippen LogP contribution is 2.23. The van der Waals surface area contributed by atoms with Gasteiger partial charge >= 0.3 is 0 Å². The van der Waals surface area contributed by atoms with E-state index in [1.807, 2.05) is 29.4 Å². The molecule has 0 radical (unpaired) electrons. The van der Waals surface area contributed by atoms with Crippen molar-refractivity contribution in [2.45, 2.75) is 26.7 Å². The van der Waals surface area contributed by atoms with Gasteiger partial charge in [-0.05, 0) is 26.7 Å². The number of nitrogens with zero attached hydrogens (tertiary/aromatic N) is 7. The second-order valence-electron chi connectivity index (χ2n) is 8.27. The molecule has 0 saturated carbocycles. The Kier molecular flexibility index (Phi) is 5.98. The van der Waals surface area contributed by atoms with Crippen molar-refractivity contribution in [2.24, 2.45) is 5.92 Å². The minimum atomic E-state index is -3.18. The highest BCUT2D eigenvalue weighted by Gasteiger charge is 2.32. The van der Waals surface area contributed by atoms with Crippen LogP contribution in [0.25, 0.3) is 5.82 Å². The molecule has 2 aromatic heterocycles. The maximum atomic E-state index is 12.9. The number of hydrogen-bond acceptors (Lipinski definition) is 7. The van der Waals surface area contributed by atoms with Gasteiger partial charge in [0.25, 0.3) is 0 Å². The average molecular weight is 448 g/mol. The summed E-state index contributed by atoms with van der Waals surface area (Å²) in [6.07, 6.45) is 5.73. The molecule has 168 valence electrons. The lowest BCUT2D eigenvalue weighted by Gasteiger charge is -2.38. The van der Waals surface area contributed by atoms with Crippen molar-refractivity contribution in [1.29, 1.82) is 0 Å². The summed E-state index contributed by atoms with van der Waals surface area (Å²) in [6.45, 7) is 7.49. The van der Waals surface area contributed by atoms with E-state index in [0.29, 0.717) is 52.1 Å². The third-order valence-electron chi connectivity index (χ3n) is 6.32. The van der Waals surface area contributed by atoms with E-state index in [2.05, 4.69) is 19.9 Å². The van der Waals surface area contributed by atoms with Crippen molar-refractivity contribution in [2.75, 3.05) is 50.4 Å². The Labute approximate surface area is 183 Å². The minimum Gasteiger partial charge on any atom is -0.353 e. The molecule has 0 bridgehead atoms. The van der Waals surface area contributed by atoms with Crippen molar-refractivity contribution in [3.8, 4) is 5.82 Å². The van der Waals surface area contributed by atoms with Gasteiger partial charge < -0.3 is 9.80 Å². The standard InChI is InChI=1S/C20H29N7O3S/c1-15-16(2)27(14-23-15)19-12-18(21-13-22-19)24-8-10-25(11-9-24)20(28)17-4-6-26(7-5-17)31(3,29)30/h12-14,17H,4-11H2,1-3H3. The maximum absolute atomic E-state index is 12.9. The van der Waals surface area contributed by atoms with Crippen LogP contribution in [0.15, 0.2) is 18.7 Å². The van der Waals surface area contributed by atoms with Crippen LogP contribution in [0.3, 0.4) is 0 Å². The Balaban J connectivity index is 1.35. The maximum Gasteiger partial charge on any atom is 0.225 e. The zero-order valence-electron chi connectivity index (χ0n) is 18.2. The van der Waals surface area contributed by atoms with E-state index >= 15 is 0 Å². The van der Waals surface area contributed by atoms with Crippen LogP contribution in [-0.2, 0) is 14.8 Å². The lowest BCUT2D eigenvalue weighted by Crippen LogP contribution is -2.52. The quantitative estimate of drug-likeness (QED) is 0.676. The minimum absolute atomic E-state index is 0.0948. The molecule has 10 nitrogen and oxygen atoms in total. The summed E-state index contributed by atoms with van der Waals surface area (Å²) in [7, 11) is -3.18. The first-order chi connectivity index (χ1) is 14.7. The number of piperidine rings is 1. The molecule has 4 heterocycles. The van der Waals surface area contributed by atoms with Crippen molar-refractivity contribution >= 4 is 21.7 Å². The molecule has 2 aromatic rings. The van der Waals surface area contributed by atoms with E-state index in [1.54, 1.807) is 12.7 Å². The Morgan fingerprint density at radius 2 is 1.61 bits per heavy atom. The normalized spacial score (nSPS) is 19.1. The van der Waals surface area contributed by atoms with Crippen molar-refractivity contribution in [3.63, 3.8) is 0 Å². The zero-order valence-corrected chi connectivity index (χ0v) is 19.0. The predicted molar refractivity (Wildman–Crippen MR) is 117 cm³/mol. The number of aryl methyl sites for hydroxylation is 1. The molecular formula is C20H29N7O3S. The van der Waals surface area contributed by atoms with Gasteiger partial charge in [0, 0.05) is 56.9 Å². The fourth-order valence-electron chi connectivity index (χ4n) is 4.22. The fraction of sp³-hybridized carbons (Fsp3) is 0.600. The SMILES string of the molecule is Cc1ncn(-c2cc(N3CCN(C(=O)C4CCN(S(C)(=O)=O)CC4)CC3)ncn2)c1C. The fourth-order valence-corrected chi connectivity index (χ4v) is 5.09. The molecule has 0 aliphatic carbocycles. The van der Waals surface area contributed by atoms with Gasteiger partial charge in [0.05, 0.1) is 11.9 Å². The van der Waals surface area contributed by atoms with Crippen molar-refractivity contribution in [1.82, 2.24) is 28.7 Å². The lowest BCUT2D eigenvalue weighted by atomic mass is 9.96. The number of imidazole rings is 1. The molecule has 0 N–H and O–H groups in total. The number of amides is 1. The van der Waals surface area contributed by atoms with E-state index in [1.165, 1.54) is 10.6 Å². The first-order valence-electron chi connectivity index (χ1n) is 10.6. The summed E-state index contributed by atoms with van der Waals surface area (Å²) in [6, 6.07) is 1.95. The molecule has 0 spiro atoms. The number of sulfonamides is 1. The number of piperazine rings is 1. The molecule has 2 aliphatic heterocycles. The zero-order chi connectivity index (χ0) is 22.2. The lowest BCUT2D eigenvalue weighted by molar-refractivity contribution is -0.137. The average Bonchev–Trinajstić information content (AvgIpc) is 3.11. The van der Waals surface area contributed by atoms with Gasteiger partial charge in [-0.25, -0.2) is 27.7 Å². The van der Waals surface area contributed by atoms with Gasteiger partial charge in [-0.2, -0.15) is 0 Å². The Bertz CT molecular complexity index is 1050. The molecule has 2 fully saturated rings. The van der Waals surface area contributed by atoms with Crippen LogP contribution in [0, 0.1) is 19.8 Å². The monoisotopic (exact) mass is 447 g/mol. The number of carbonyl (C=O) groups excluding carboxylic acids is 1. The Morgan fingerprint density at radius 3 is 2.19 bits per heavy atom. The van der Waals surface area contributed by atoms with E-state index in [4.69, 9.17) is 0 Å². The second kappa shape index (κ2) is 8.54. The van der Waals surface area contributed by atoms with E-state index in [0.717, 1.165) is 23.0 Å². The summed E-state index contributed by atoms with van der Waals surface area (Å²) in [5.41, 5.74) is 2.01. The number of carbonyl (C=O) groups is 1. The van der Waals surface area contributed by atoms with Gasteiger partial charge in [-0.1, -0.05) is 0 Å². The van der Waals surface area contributed by atoms with E-state index < -0.39 is 10.0 Å². The van der Waals surface area contributed by atoms with Crippen molar-refractivity contribution in [3.05, 3.63) is 30.1 Å².